The predicted octanol–water partition coefficient (Wildman–Crippen LogP) is 1.74. The molecule has 0 bridgehead atoms. The van der Waals surface area contributed by atoms with Crippen LogP contribution >= 0.6 is 0 Å². The third-order valence-corrected chi connectivity index (χ3v) is 2.82. The van der Waals surface area contributed by atoms with Gasteiger partial charge in [0.05, 0.1) is 6.61 Å². The Kier molecular flexibility index (Phi) is 6.91. The standard InChI is InChI=1S/C13H22N2O3/c1-2-18-12(16)10-15-13(17)14-9-8-11-6-4-3-5-7-11/h6H,2-5,7-10H2,1H3,(H2,14,15,17). The first-order chi connectivity index (χ1) is 8.72. The fraction of sp³-hybridized carbons (Fsp3) is 0.692. The van der Waals surface area contributed by atoms with Gasteiger partial charge in [0, 0.05) is 6.54 Å². The third kappa shape index (κ3) is 6.27. The summed E-state index contributed by atoms with van der Waals surface area (Å²) in [6, 6.07) is -0.320. The Bertz CT molecular complexity index is 313. The fourth-order valence-electron chi connectivity index (χ4n) is 1.90. The van der Waals surface area contributed by atoms with Gasteiger partial charge in [0.2, 0.25) is 0 Å². The van der Waals surface area contributed by atoms with E-state index in [1.54, 1.807) is 6.92 Å². The number of urea groups is 1. The summed E-state index contributed by atoms with van der Waals surface area (Å²) in [6.45, 7) is 2.59. The summed E-state index contributed by atoms with van der Waals surface area (Å²) in [5, 5.41) is 5.19. The molecule has 0 heterocycles. The SMILES string of the molecule is CCOC(=O)CNC(=O)NCCC1=CCCCC1. The van der Waals surface area contributed by atoms with Gasteiger partial charge in [0.15, 0.2) is 0 Å². The summed E-state index contributed by atoms with van der Waals surface area (Å²) in [5.74, 6) is -0.414. The molecule has 0 aromatic carbocycles. The van der Waals surface area contributed by atoms with E-state index in [1.165, 1.54) is 18.4 Å². The van der Waals surface area contributed by atoms with Crippen LogP contribution in [0.2, 0.25) is 0 Å². The molecule has 1 aliphatic carbocycles. The number of esters is 1. The van der Waals surface area contributed by atoms with Crippen LogP contribution in [0.15, 0.2) is 11.6 Å². The summed E-state index contributed by atoms with van der Waals surface area (Å²) in [6.07, 6.45) is 7.99. The highest BCUT2D eigenvalue weighted by Crippen LogP contribution is 2.19. The molecule has 2 amide bonds. The molecule has 0 unspecified atom stereocenters. The van der Waals surface area contributed by atoms with Gasteiger partial charge < -0.3 is 15.4 Å². The van der Waals surface area contributed by atoms with Gasteiger partial charge in [-0.15, -0.1) is 0 Å². The van der Waals surface area contributed by atoms with Gasteiger partial charge in [-0.05, 0) is 39.0 Å². The number of rotatable bonds is 6. The number of hydrogen-bond acceptors (Lipinski definition) is 3. The highest BCUT2D eigenvalue weighted by atomic mass is 16.5. The summed E-state index contributed by atoms with van der Waals surface area (Å²) < 4.78 is 4.70. The van der Waals surface area contributed by atoms with Gasteiger partial charge in [-0.25, -0.2) is 4.79 Å². The normalized spacial score (nSPS) is 14.6. The molecule has 1 aliphatic rings. The first kappa shape index (κ1) is 14.5. The Hall–Kier alpha value is -1.52. The van der Waals surface area contributed by atoms with Crippen LogP contribution in [0.3, 0.4) is 0 Å². The van der Waals surface area contributed by atoms with Crippen LogP contribution in [-0.4, -0.2) is 31.7 Å². The Morgan fingerprint density at radius 2 is 2.17 bits per heavy atom. The number of amides is 2. The molecule has 0 saturated carbocycles. The van der Waals surface area contributed by atoms with E-state index in [1.807, 2.05) is 0 Å². The van der Waals surface area contributed by atoms with Crippen molar-refractivity contribution in [3.63, 3.8) is 0 Å². The Morgan fingerprint density at radius 3 is 2.83 bits per heavy atom. The largest absolute Gasteiger partial charge is 0.465 e. The Balaban J connectivity index is 2.06. The highest BCUT2D eigenvalue weighted by Gasteiger charge is 2.06. The summed E-state index contributed by atoms with van der Waals surface area (Å²) in [4.78, 5) is 22.3. The van der Waals surface area contributed by atoms with Crippen molar-refractivity contribution in [3.8, 4) is 0 Å². The second-order valence-electron chi connectivity index (χ2n) is 4.27. The Morgan fingerprint density at radius 1 is 1.33 bits per heavy atom. The monoisotopic (exact) mass is 254 g/mol. The first-order valence-electron chi connectivity index (χ1n) is 6.57. The van der Waals surface area contributed by atoms with Crippen molar-refractivity contribution in [2.75, 3.05) is 19.7 Å². The van der Waals surface area contributed by atoms with E-state index in [9.17, 15) is 9.59 Å². The molecular weight excluding hydrogens is 232 g/mol. The van der Waals surface area contributed by atoms with Gasteiger partial charge in [-0.3, -0.25) is 4.79 Å². The number of hydrogen-bond donors (Lipinski definition) is 2. The molecule has 1 rings (SSSR count). The molecule has 0 fully saturated rings. The third-order valence-electron chi connectivity index (χ3n) is 2.82. The van der Waals surface area contributed by atoms with Crippen LogP contribution < -0.4 is 10.6 Å². The van der Waals surface area contributed by atoms with E-state index in [4.69, 9.17) is 4.74 Å². The maximum atomic E-state index is 11.3. The van der Waals surface area contributed by atoms with Gasteiger partial charge in [0.25, 0.3) is 0 Å². The lowest BCUT2D eigenvalue weighted by Gasteiger charge is -2.13. The smallest absolute Gasteiger partial charge is 0.325 e. The van der Waals surface area contributed by atoms with E-state index in [0.29, 0.717) is 13.2 Å². The van der Waals surface area contributed by atoms with Crippen molar-refractivity contribution < 1.29 is 14.3 Å². The molecule has 0 aromatic rings. The molecule has 5 heteroatoms. The molecular formula is C13H22N2O3. The van der Waals surface area contributed by atoms with Crippen molar-refractivity contribution in [2.24, 2.45) is 0 Å². The number of nitrogens with one attached hydrogen (secondary N) is 2. The second-order valence-corrected chi connectivity index (χ2v) is 4.27. The minimum absolute atomic E-state index is 0.0810. The van der Waals surface area contributed by atoms with E-state index in [-0.39, 0.29) is 12.6 Å². The van der Waals surface area contributed by atoms with Crippen LogP contribution in [0, 0.1) is 0 Å². The summed E-state index contributed by atoms with van der Waals surface area (Å²) >= 11 is 0. The maximum Gasteiger partial charge on any atom is 0.325 e. The van der Waals surface area contributed by atoms with Gasteiger partial charge in [0.1, 0.15) is 6.54 Å². The van der Waals surface area contributed by atoms with Crippen LogP contribution in [0.5, 0.6) is 0 Å². The average Bonchev–Trinajstić information content (AvgIpc) is 2.38. The lowest BCUT2D eigenvalue weighted by atomic mass is 9.97. The van der Waals surface area contributed by atoms with E-state index >= 15 is 0 Å². The van der Waals surface area contributed by atoms with Crippen LogP contribution in [0.4, 0.5) is 4.79 Å². The van der Waals surface area contributed by atoms with Crippen LogP contribution in [-0.2, 0) is 9.53 Å². The molecule has 0 radical (unpaired) electrons. The van der Waals surface area contributed by atoms with Gasteiger partial charge in [-0.2, -0.15) is 0 Å². The van der Waals surface area contributed by atoms with Crippen LogP contribution in [0.25, 0.3) is 0 Å². The number of allylic oxidation sites excluding steroid dienone is 1. The topological polar surface area (TPSA) is 67.4 Å². The van der Waals surface area contributed by atoms with E-state index in [0.717, 1.165) is 19.3 Å². The molecule has 102 valence electrons. The number of ether oxygens (including phenoxy) is 1. The highest BCUT2D eigenvalue weighted by molar-refractivity contribution is 5.80. The Labute approximate surface area is 108 Å². The number of carbonyl (C=O) groups excluding carboxylic acids is 2. The lowest BCUT2D eigenvalue weighted by molar-refractivity contribution is -0.141. The number of carbonyl (C=O) groups is 2. The lowest BCUT2D eigenvalue weighted by Crippen LogP contribution is -2.39. The zero-order valence-electron chi connectivity index (χ0n) is 11.0. The molecule has 0 aliphatic heterocycles. The van der Waals surface area contributed by atoms with Crippen molar-refractivity contribution in [2.45, 2.75) is 39.0 Å². The second kappa shape index (κ2) is 8.55. The minimum Gasteiger partial charge on any atom is -0.465 e. The van der Waals surface area contributed by atoms with Crippen molar-refractivity contribution in [3.05, 3.63) is 11.6 Å². The quantitative estimate of drug-likeness (QED) is 0.560. The van der Waals surface area contributed by atoms with E-state index in [2.05, 4.69) is 16.7 Å². The zero-order valence-corrected chi connectivity index (χ0v) is 11.0. The molecule has 0 atom stereocenters. The molecule has 0 saturated heterocycles. The van der Waals surface area contributed by atoms with Gasteiger partial charge >= 0.3 is 12.0 Å². The van der Waals surface area contributed by atoms with Crippen molar-refractivity contribution >= 4 is 12.0 Å². The molecule has 2 N–H and O–H groups in total. The molecule has 0 spiro atoms. The molecule has 5 nitrogen and oxygen atoms in total. The van der Waals surface area contributed by atoms with Crippen LogP contribution in [0.1, 0.15) is 39.0 Å². The summed E-state index contributed by atoms with van der Waals surface area (Å²) in [7, 11) is 0. The van der Waals surface area contributed by atoms with Crippen molar-refractivity contribution in [1.29, 1.82) is 0 Å². The summed E-state index contributed by atoms with van der Waals surface area (Å²) in [5.41, 5.74) is 1.42. The maximum absolute atomic E-state index is 11.3. The first-order valence-corrected chi connectivity index (χ1v) is 6.57. The van der Waals surface area contributed by atoms with E-state index < -0.39 is 5.97 Å². The predicted molar refractivity (Wildman–Crippen MR) is 69.2 cm³/mol. The minimum atomic E-state index is -0.414. The van der Waals surface area contributed by atoms with Gasteiger partial charge in [-0.1, -0.05) is 11.6 Å². The fourth-order valence-corrected chi connectivity index (χ4v) is 1.90. The average molecular weight is 254 g/mol. The zero-order chi connectivity index (χ0) is 13.2. The molecule has 18 heavy (non-hydrogen) atoms. The van der Waals surface area contributed by atoms with Crippen molar-refractivity contribution in [1.82, 2.24) is 10.6 Å². The molecule has 0 aromatic heterocycles.